The van der Waals surface area contributed by atoms with Gasteiger partial charge in [-0.15, -0.1) is 0 Å². The fraction of sp³-hybridized carbons (Fsp3) is 0.600. The Morgan fingerprint density at radius 2 is 1.75 bits per heavy atom. The predicted octanol–water partition coefficient (Wildman–Crippen LogP) is 0.683. The summed E-state index contributed by atoms with van der Waals surface area (Å²) in [6.45, 7) is 9.43. The second kappa shape index (κ2) is 6.24. The monoisotopic (exact) mass is 297 g/mol. The number of piperazine rings is 1. The largest absolute Gasteiger partial charge is 0.331 e. The second-order valence-electron chi connectivity index (χ2n) is 5.68. The van der Waals surface area contributed by atoms with Crippen LogP contribution in [0, 0.1) is 6.92 Å². The molecule has 0 saturated carbocycles. The van der Waals surface area contributed by atoms with E-state index in [4.69, 9.17) is 0 Å². The third-order valence-electron chi connectivity index (χ3n) is 4.33. The molecule has 5 heteroatoms. The molecular weight excluding hydrogens is 272 g/mol. The lowest BCUT2D eigenvalue weighted by Gasteiger charge is -2.34. The van der Waals surface area contributed by atoms with Crippen molar-refractivity contribution in [2.24, 2.45) is 0 Å². The molecule has 0 aliphatic carbocycles. The van der Waals surface area contributed by atoms with Gasteiger partial charge in [-0.2, -0.15) is 4.31 Å². The van der Waals surface area contributed by atoms with Crippen LogP contribution in [0.2, 0.25) is 0 Å². The first-order valence-electron chi connectivity index (χ1n) is 7.36. The van der Waals surface area contributed by atoms with Gasteiger partial charge in [0.2, 0.25) is 10.0 Å². The van der Waals surface area contributed by atoms with E-state index in [-0.39, 0.29) is 0 Å². The Labute approximate surface area is 122 Å². The number of aryl methyl sites for hydroxylation is 1. The van der Waals surface area contributed by atoms with Gasteiger partial charge in [-0.1, -0.05) is 24.6 Å². The summed E-state index contributed by atoms with van der Waals surface area (Å²) in [7, 11) is -3.31. The Kier molecular flexibility index (Phi) is 4.83. The number of hydrogen-bond acceptors (Lipinski definition) is 2. The van der Waals surface area contributed by atoms with Crippen molar-refractivity contribution in [3.8, 4) is 0 Å². The fourth-order valence-corrected chi connectivity index (χ4v) is 4.10. The number of hydrogen-bond donors (Lipinski definition) is 1. The van der Waals surface area contributed by atoms with Crippen molar-refractivity contribution in [2.75, 3.05) is 26.2 Å². The molecule has 1 saturated heterocycles. The van der Waals surface area contributed by atoms with E-state index in [1.807, 2.05) is 19.1 Å². The first kappa shape index (κ1) is 15.5. The van der Waals surface area contributed by atoms with E-state index in [1.54, 1.807) is 16.4 Å². The van der Waals surface area contributed by atoms with Crippen LogP contribution in [0.25, 0.3) is 0 Å². The van der Waals surface area contributed by atoms with E-state index in [0.717, 1.165) is 25.1 Å². The van der Waals surface area contributed by atoms with Gasteiger partial charge in [-0.25, -0.2) is 8.42 Å². The van der Waals surface area contributed by atoms with E-state index in [9.17, 15) is 8.42 Å². The van der Waals surface area contributed by atoms with Gasteiger partial charge < -0.3 is 4.90 Å². The number of nitrogens with one attached hydrogen (secondary N) is 1. The summed E-state index contributed by atoms with van der Waals surface area (Å²) >= 11 is 0. The maximum Gasteiger partial charge on any atom is 0.243 e. The summed E-state index contributed by atoms with van der Waals surface area (Å²) in [5.41, 5.74) is 1.08. The minimum atomic E-state index is -3.31. The van der Waals surface area contributed by atoms with Gasteiger partial charge in [0.15, 0.2) is 0 Å². The van der Waals surface area contributed by atoms with E-state index < -0.39 is 10.0 Å². The van der Waals surface area contributed by atoms with Crippen LogP contribution in [0.3, 0.4) is 0 Å². The maximum absolute atomic E-state index is 12.6. The first-order chi connectivity index (χ1) is 9.45. The van der Waals surface area contributed by atoms with Gasteiger partial charge in [-0.3, -0.25) is 0 Å². The molecule has 1 N–H and O–H groups in total. The normalized spacial score (nSPS) is 19.9. The molecule has 1 unspecified atom stereocenters. The average Bonchev–Trinajstić information content (AvgIpc) is 2.47. The topological polar surface area (TPSA) is 41.8 Å². The fourth-order valence-electron chi connectivity index (χ4n) is 2.65. The van der Waals surface area contributed by atoms with Gasteiger partial charge >= 0.3 is 0 Å². The van der Waals surface area contributed by atoms with Crippen LogP contribution >= 0.6 is 0 Å². The van der Waals surface area contributed by atoms with Gasteiger partial charge in [0.25, 0.3) is 0 Å². The van der Waals surface area contributed by atoms with Crippen molar-refractivity contribution in [1.29, 1.82) is 0 Å². The lowest BCUT2D eigenvalue weighted by Crippen LogP contribution is -3.17. The third kappa shape index (κ3) is 3.22. The van der Waals surface area contributed by atoms with Crippen LogP contribution in [0.1, 0.15) is 25.8 Å². The highest BCUT2D eigenvalue weighted by molar-refractivity contribution is 7.89. The van der Waals surface area contributed by atoms with E-state index in [0.29, 0.717) is 24.0 Å². The van der Waals surface area contributed by atoms with Crippen molar-refractivity contribution in [2.45, 2.75) is 38.1 Å². The zero-order valence-corrected chi connectivity index (χ0v) is 13.4. The van der Waals surface area contributed by atoms with Gasteiger partial charge in [0.1, 0.15) is 0 Å². The lowest BCUT2D eigenvalue weighted by atomic mass is 10.2. The molecule has 1 aliphatic rings. The average molecular weight is 297 g/mol. The summed E-state index contributed by atoms with van der Waals surface area (Å²) in [6, 6.07) is 7.73. The second-order valence-corrected chi connectivity index (χ2v) is 7.62. The first-order valence-corrected chi connectivity index (χ1v) is 8.80. The van der Waals surface area contributed by atoms with Crippen molar-refractivity contribution in [3.63, 3.8) is 0 Å². The lowest BCUT2D eigenvalue weighted by molar-refractivity contribution is -0.927. The minimum absolute atomic E-state index is 0.412. The third-order valence-corrected chi connectivity index (χ3v) is 6.25. The summed E-state index contributed by atoms with van der Waals surface area (Å²) in [5, 5.41) is 0. The van der Waals surface area contributed by atoms with Crippen molar-refractivity contribution >= 4 is 10.0 Å². The Hall–Kier alpha value is -0.910. The molecule has 20 heavy (non-hydrogen) atoms. The van der Waals surface area contributed by atoms with Crippen LogP contribution in [0.5, 0.6) is 0 Å². The van der Waals surface area contributed by atoms with Crippen molar-refractivity contribution in [3.05, 3.63) is 29.8 Å². The predicted molar refractivity (Wildman–Crippen MR) is 80.4 cm³/mol. The summed E-state index contributed by atoms with van der Waals surface area (Å²) in [6.07, 6.45) is 1.14. The Morgan fingerprint density at radius 1 is 1.20 bits per heavy atom. The highest BCUT2D eigenvalue weighted by atomic mass is 32.2. The molecule has 1 atom stereocenters. The SMILES string of the molecule is CCC(C)[NH+]1CCN(S(=O)(=O)c2ccc(C)cc2)CC1. The number of sulfonamides is 1. The smallest absolute Gasteiger partial charge is 0.243 e. The Balaban J connectivity index is 2.07. The molecule has 1 aromatic rings. The minimum Gasteiger partial charge on any atom is -0.331 e. The molecule has 0 aromatic heterocycles. The molecule has 1 fully saturated rings. The Bertz CT molecular complexity index is 531. The molecule has 0 radical (unpaired) electrons. The molecule has 4 nitrogen and oxygen atoms in total. The highest BCUT2D eigenvalue weighted by Crippen LogP contribution is 2.16. The van der Waals surface area contributed by atoms with Crippen LogP contribution in [-0.4, -0.2) is 44.9 Å². The van der Waals surface area contributed by atoms with Gasteiger partial charge in [-0.05, 0) is 32.4 Å². The van der Waals surface area contributed by atoms with Crippen LogP contribution in [-0.2, 0) is 10.0 Å². The molecule has 1 heterocycles. The number of quaternary nitrogens is 1. The van der Waals surface area contributed by atoms with Crippen LogP contribution in [0.4, 0.5) is 0 Å². The van der Waals surface area contributed by atoms with Crippen LogP contribution < -0.4 is 4.90 Å². The van der Waals surface area contributed by atoms with Gasteiger partial charge in [0.05, 0.1) is 37.1 Å². The number of nitrogens with zero attached hydrogens (tertiary/aromatic N) is 1. The molecule has 112 valence electrons. The summed E-state index contributed by atoms with van der Waals surface area (Å²) < 4.78 is 26.8. The van der Waals surface area contributed by atoms with Crippen LogP contribution in [0.15, 0.2) is 29.2 Å². The molecular formula is C15H25N2O2S+. The summed E-state index contributed by atoms with van der Waals surface area (Å²) in [4.78, 5) is 1.93. The molecule has 0 spiro atoms. The summed E-state index contributed by atoms with van der Waals surface area (Å²) in [5.74, 6) is 0. The molecule has 0 bridgehead atoms. The highest BCUT2D eigenvalue weighted by Gasteiger charge is 2.31. The van der Waals surface area contributed by atoms with Crippen molar-refractivity contribution in [1.82, 2.24) is 4.31 Å². The van der Waals surface area contributed by atoms with E-state index in [2.05, 4.69) is 13.8 Å². The van der Waals surface area contributed by atoms with E-state index >= 15 is 0 Å². The van der Waals surface area contributed by atoms with E-state index in [1.165, 1.54) is 4.90 Å². The quantitative estimate of drug-likeness (QED) is 0.888. The zero-order chi connectivity index (χ0) is 14.8. The molecule has 2 rings (SSSR count). The number of benzene rings is 1. The standard InChI is InChI=1S/C15H24N2O2S/c1-4-14(3)16-9-11-17(12-10-16)20(18,19)15-7-5-13(2)6-8-15/h5-8,14H,4,9-12H2,1-3H3/p+1. The maximum atomic E-state index is 12.6. The molecule has 1 aromatic carbocycles. The number of rotatable bonds is 4. The molecule has 0 amide bonds. The Morgan fingerprint density at radius 3 is 2.25 bits per heavy atom. The van der Waals surface area contributed by atoms with Crippen molar-refractivity contribution < 1.29 is 13.3 Å². The van der Waals surface area contributed by atoms with Gasteiger partial charge in [0, 0.05) is 0 Å². The zero-order valence-electron chi connectivity index (χ0n) is 12.6. The molecule has 1 aliphatic heterocycles.